The molecule has 0 aliphatic heterocycles. The van der Waals surface area contributed by atoms with E-state index in [1.807, 2.05) is 0 Å². The van der Waals surface area contributed by atoms with Crippen LogP contribution < -0.4 is 0 Å². The zero-order chi connectivity index (χ0) is 17.6. The molecule has 5 rings (SSSR count). The number of hydrogen-bond donors (Lipinski definition) is 0. The molecule has 0 spiro atoms. The van der Waals surface area contributed by atoms with E-state index >= 15 is 0 Å². The van der Waals surface area contributed by atoms with E-state index < -0.39 is 0 Å². The van der Waals surface area contributed by atoms with E-state index in [4.69, 9.17) is 4.74 Å². The van der Waals surface area contributed by atoms with Gasteiger partial charge in [0.25, 0.3) is 0 Å². The molecule has 4 heteroatoms. The fourth-order valence-electron chi connectivity index (χ4n) is 8.18. The number of ether oxygens (including phenoxy) is 1. The first kappa shape index (κ1) is 16.0. The third kappa shape index (κ3) is 1.72. The first-order valence-electron chi connectivity index (χ1n) is 10.1. The minimum atomic E-state index is -0.208. The zero-order valence-electron chi connectivity index (χ0n) is 15.3. The van der Waals surface area contributed by atoms with Crippen LogP contribution in [0.5, 0.6) is 0 Å². The number of ketones is 2. The molecule has 0 aromatic rings. The summed E-state index contributed by atoms with van der Waals surface area (Å²) in [6, 6.07) is 0. The van der Waals surface area contributed by atoms with Crippen LogP contribution in [0.2, 0.25) is 0 Å². The Morgan fingerprint density at radius 3 is 2.60 bits per heavy atom. The van der Waals surface area contributed by atoms with Crippen LogP contribution >= 0.6 is 0 Å². The van der Waals surface area contributed by atoms with Crippen LogP contribution in [0.4, 0.5) is 0 Å². The standard InChI is InChI=1S/C21H28O4/c1-12(22)25-18-20-9-6-14-15-3-4-17(24)19(15,2)8-7-16(14)21(18,20)10-5-13(23)11-20/h14-16,18H,3-11H2,1-2H3/t14-,15-,16-,18+,19-,20+,21+/m0/s1. The molecule has 0 heterocycles. The van der Waals surface area contributed by atoms with Gasteiger partial charge in [-0.05, 0) is 56.3 Å². The lowest BCUT2D eigenvalue weighted by atomic mass is 9.50. The van der Waals surface area contributed by atoms with E-state index in [0.717, 1.165) is 44.9 Å². The third-order valence-electron chi connectivity index (χ3n) is 9.16. The Labute approximate surface area is 149 Å². The molecule has 5 aliphatic carbocycles. The molecule has 0 saturated heterocycles. The predicted molar refractivity (Wildman–Crippen MR) is 90.6 cm³/mol. The molecule has 0 aromatic carbocycles. The molecule has 136 valence electrons. The monoisotopic (exact) mass is 344 g/mol. The second-order valence-electron chi connectivity index (χ2n) is 9.73. The van der Waals surface area contributed by atoms with Crippen LogP contribution in [-0.2, 0) is 19.1 Å². The van der Waals surface area contributed by atoms with Crippen LogP contribution in [-0.4, -0.2) is 23.6 Å². The molecule has 0 aromatic heterocycles. The largest absolute Gasteiger partial charge is 0.461 e. The summed E-state index contributed by atoms with van der Waals surface area (Å²) < 4.78 is 5.83. The molecular formula is C21H28O4. The number of fused-ring (bicyclic) bond motifs is 3. The molecule has 0 N–H and O–H groups in total. The Bertz CT molecular complexity index is 683. The van der Waals surface area contributed by atoms with E-state index in [9.17, 15) is 14.4 Å². The van der Waals surface area contributed by atoms with Crippen molar-refractivity contribution in [2.24, 2.45) is 34.0 Å². The predicted octanol–water partition coefficient (Wildman–Crippen LogP) is 3.46. The third-order valence-corrected chi connectivity index (χ3v) is 9.16. The van der Waals surface area contributed by atoms with E-state index in [0.29, 0.717) is 42.2 Å². The van der Waals surface area contributed by atoms with Crippen molar-refractivity contribution in [2.45, 2.75) is 77.7 Å². The van der Waals surface area contributed by atoms with Gasteiger partial charge >= 0.3 is 5.97 Å². The van der Waals surface area contributed by atoms with Crippen LogP contribution in [0.1, 0.15) is 71.6 Å². The fourth-order valence-corrected chi connectivity index (χ4v) is 8.18. The van der Waals surface area contributed by atoms with Crippen LogP contribution in [0.25, 0.3) is 0 Å². The van der Waals surface area contributed by atoms with Gasteiger partial charge in [0.1, 0.15) is 17.7 Å². The van der Waals surface area contributed by atoms with Gasteiger partial charge in [0.2, 0.25) is 0 Å². The van der Waals surface area contributed by atoms with Crippen molar-refractivity contribution in [1.29, 1.82) is 0 Å². The minimum absolute atomic E-state index is 0.0302. The maximum atomic E-state index is 12.5. The first-order chi connectivity index (χ1) is 11.8. The van der Waals surface area contributed by atoms with E-state index in [1.165, 1.54) is 6.92 Å². The van der Waals surface area contributed by atoms with Crippen LogP contribution in [0, 0.1) is 34.0 Å². The summed E-state index contributed by atoms with van der Waals surface area (Å²) in [6.45, 7) is 3.69. The van der Waals surface area contributed by atoms with Gasteiger partial charge in [0, 0.05) is 42.4 Å². The van der Waals surface area contributed by atoms with E-state index in [-0.39, 0.29) is 28.3 Å². The van der Waals surface area contributed by atoms with Crippen molar-refractivity contribution in [2.75, 3.05) is 0 Å². The van der Waals surface area contributed by atoms with Gasteiger partial charge in [0.05, 0.1) is 0 Å². The summed E-state index contributed by atoms with van der Waals surface area (Å²) >= 11 is 0. The van der Waals surface area contributed by atoms with Gasteiger partial charge < -0.3 is 4.74 Å². The van der Waals surface area contributed by atoms with Crippen molar-refractivity contribution >= 4 is 17.5 Å². The number of carbonyl (C=O) groups is 3. The summed E-state index contributed by atoms with van der Waals surface area (Å²) in [6.07, 6.45) is 8.02. The van der Waals surface area contributed by atoms with Crippen molar-refractivity contribution in [3.8, 4) is 0 Å². The highest BCUT2D eigenvalue weighted by Gasteiger charge is 2.84. The maximum absolute atomic E-state index is 12.5. The molecule has 0 unspecified atom stereocenters. The highest BCUT2D eigenvalue weighted by Crippen LogP contribution is 2.83. The Balaban J connectivity index is 1.53. The molecule has 0 bridgehead atoms. The van der Waals surface area contributed by atoms with E-state index in [2.05, 4.69) is 6.92 Å². The second-order valence-corrected chi connectivity index (χ2v) is 9.73. The molecule has 0 amide bonds. The number of hydrogen-bond acceptors (Lipinski definition) is 4. The average molecular weight is 344 g/mol. The van der Waals surface area contributed by atoms with Gasteiger partial charge in [-0.2, -0.15) is 0 Å². The Hall–Kier alpha value is -1.19. The molecule has 7 atom stereocenters. The van der Waals surface area contributed by atoms with Gasteiger partial charge in [-0.25, -0.2) is 0 Å². The summed E-state index contributed by atoms with van der Waals surface area (Å²) in [4.78, 5) is 36.5. The van der Waals surface area contributed by atoms with Crippen molar-refractivity contribution in [1.82, 2.24) is 0 Å². The zero-order valence-corrected chi connectivity index (χ0v) is 15.3. The molecule has 25 heavy (non-hydrogen) atoms. The Morgan fingerprint density at radius 2 is 1.84 bits per heavy atom. The number of Topliss-reactive ketones (excluding diaryl/α,β-unsaturated/α-hetero) is 2. The fraction of sp³-hybridized carbons (Fsp3) is 0.857. The van der Waals surface area contributed by atoms with Crippen LogP contribution in [0.15, 0.2) is 0 Å². The smallest absolute Gasteiger partial charge is 0.302 e. The highest BCUT2D eigenvalue weighted by molar-refractivity contribution is 5.87. The summed E-state index contributed by atoms with van der Waals surface area (Å²) in [5, 5.41) is 0. The number of esters is 1. The molecule has 5 aliphatic rings. The van der Waals surface area contributed by atoms with Crippen LogP contribution in [0.3, 0.4) is 0 Å². The van der Waals surface area contributed by atoms with Crippen molar-refractivity contribution in [3.05, 3.63) is 0 Å². The molecule has 5 fully saturated rings. The summed E-state index contributed by atoms with van der Waals surface area (Å²) in [5.41, 5.74) is -0.165. The van der Waals surface area contributed by atoms with Gasteiger partial charge in [-0.15, -0.1) is 0 Å². The highest BCUT2D eigenvalue weighted by atomic mass is 16.6. The lowest BCUT2D eigenvalue weighted by Crippen LogP contribution is -2.49. The number of rotatable bonds is 1. The Kier molecular flexibility index (Phi) is 3.04. The number of carbonyl (C=O) groups excluding carboxylic acids is 3. The van der Waals surface area contributed by atoms with E-state index in [1.54, 1.807) is 0 Å². The van der Waals surface area contributed by atoms with Gasteiger partial charge in [-0.1, -0.05) is 6.92 Å². The SMILES string of the molecule is CC(=O)O[C@@H]1[C@]23CC[C@@H]4[C@H](CC[C@]5(C)C(=O)CC[C@@H]45)[C@]12CCC(=O)C3. The van der Waals surface area contributed by atoms with Crippen molar-refractivity contribution in [3.63, 3.8) is 0 Å². The normalized spacial score (nSPS) is 53.4. The maximum Gasteiger partial charge on any atom is 0.302 e. The summed E-state index contributed by atoms with van der Waals surface area (Å²) in [7, 11) is 0. The quantitative estimate of drug-likeness (QED) is 0.684. The molecule has 5 saturated carbocycles. The van der Waals surface area contributed by atoms with Crippen molar-refractivity contribution < 1.29 is 19.1 Å². The molecule has 0 radical (unpaired) electrons. The minimum Gasteiger partial charge on any atom is -0.461 e. The second kappa shape index (κ2) is 4.75. The molecular weight excluding hydrogens is 316 g/mol. The van der Waals surface area contributed by atoms with Gasteiger partial charge in [0.15, 0.2) is 0 Å². The lowest BCUT2D eigenvalue weighted by Gasteiger charge is -2.53. The lowest BCUT2D eigenvalue weighted by molar-refractivity contribution is -0.145. The topological polar surface area (TPSA) is 60.4 Å². The first-order valence-corrected chi connectivity index (χ1v) is 10.1. The van der Waals surface area contributed by atoms with Gasteiger partial charge in [-0.3, -0.25) is 14.4 Å². The molecule has 4 nitrogen and oxygen atoms in total. The Morgan fingerprint density at radius 1 is 1.04 bits per heavy atom. The summed E-state index contributed by atoms with van der Waals surface area (Å²) in [5.74, 6) is 2.22. The average Bonchev–Trinajstić information content (AvgIpc) is 3.00.